The molecule has 1 heterocycles. The lowest BCUT2D eigenvalue weighted by atomic mass is 10.2. The van der Waals surface area contributed by atoms with Crippen LogP contribution in [0.25, 0.3) is 0 Å². The number of ether oxygens (including phenoxy) is 3. The van der Waals surface area contributed by atoms with Gasteiger partial charge in [0.15, 0.2) is 18.1 Å². The van der Waals surface area contributed by atoms with Crippen LogP contribution in [-0.4, -0.2) is 77.0 Å². The molecular weight excluding hydrogens is 412 g/mol. The summed E-state index contributed by atoms with van der Waals surface area (Å²) >= 11 is 0. The first-order valence-corrected chi connectivity index (χ1v) is 10.2. The number of carbonyl (C=O) groups is 2. The average Bonchev–Trinajstić information content (AvgIpc) is 2.83. The topological polar surface area (TPSA) is 92.7 Å². The van der Waals surface area contributed by atoms with Crippen molar-refractivity contribution in [1.29, 1.82) is 0 Å². The number of carbonyl (C=O) groups excluding carboxylic acids is 2. The first-order chi connectivity index (χ1) is 15.5. The van der Waals surface area contributed by atoms with Crippen molar-refractivity contribution in [3.05, 3.63) is 53.6 Å². The van der Waals surface area contributed by atoms with Gasteiger partial charge in [-0.25, -0.2) is 5.43 Å². The molecule has 2 aromatic carbocycles. The first kappa shape index (κ1) is 23.1. The van der Waals surface area contributed by atoms with Crippen LogP contribution < -0.4 is 19.8 Å². The van der Waals surface area contributed by atoms with Crippen LogP contribution in [-0.2, 0) is 9.53 Å². The number of hydrazone groups is 1. The van der Waals surface area contributed by atoms with E-state index in [0.29, 0.717) is 48.9 Å². The lowest BCUT2D eigenvalue weighted by Gasteiger charge is -2.26. The van der Waals surface area contributed by atoms with Crippen LogP contribution in [0.3, 0.4) is 0 Å². The van der Waals surface area contributed by atoms with E-state index in [-0.39, 0.29) is 18.4 Å². The summed E-state index contributed by atoms with van der Waals surface area (Å²) in [7, 11) is 5.34. The van der Waals surface area contributed by atoms with Crippen LogP contribution in [0, 0.1) is 0 Å². The molecule has 2 amide bonds. The number of hydrogen-bond acceptors (Lipinski definition) is 7. The molecule has 1 N–H and O–H groups in total. The van der Waals surface area contributed by atoms with E-state index in [1.807, 2.05) is 31.1 Å². The summed E-state index contributed by atoms with van der Waals surface area (Å²) < 4.78 is 16.3. The van der Waals surface area contributed by atoms with Crippen molar-refractivity contribution in [2.45, 2.75) is 0 Å². The molecule has 0 aliphatic carbocycles. The number of amides is 2. The van der Waals surface area contributed by atoms with Crippen LogP contribution in [0.5, 0.6) is 11.5 Å². The maximum absolute atomic E-state index is 12.3. The quantitative estimate of drug-likeness (QED) is 0.497. The van der Waals surface area contributed by atoms with Gasteiger partial charge >= 0.3 is 0 Å². The molecule has 0 radical (unpaired) electrons. The van der Waals surface area contributed by atoms with E-state index >= 15 is 0 Å². The summed E-state index contributed by atoms with van der Waals surface area (Å²) in [5.74, 6) is 0.519. The van der Waals surface area contributed by atoms with Gasteiger partial charge in [-0.05, 0) is 42.0 Å². The predicted octanol–water partition coefficient (Wildman–Crippen LogP) is 1.76. The van der Waals surface area contributed by atoms with Gasteiger partial charge in [0.1, 0.15) is 0 Å². The van der Waals surface area contributed by atoms with Gasteiger partial charge in [0.2, 0.25) is 0 Å². The standard InChI is InChI=1S/C23H28N4O5/c1-26(2)19-6-4-5-18(14-19)23(29)25-24-15-17-7-8-20(21(13-17)30-3)32-16-22(28)27-9-11-31-12-10-27/h4-8,13-15H,9-12,16H2,1-3H3,(H,25,29)/b24-15-. The van der Waals surface area contributed by atoms with Crippen molar-refractivity contribution in [2.24, 2.45) is 5.10 Å². The molecule has 3 rings (SSSR count). The number of morpholine rings is 1. The fourth-order valence-corrected chi connectivity index (χ4v) is 3.08. The van der Waals surface area contributed by atoms with Crippen LogP contribution in [0.1, 0.15) is 15.9 Å². The van der Waals surface area contributed by atoms with E-state index in [0.717, 1.165) is 5.69 Å². The van der Waals surface area contributed by atoms with Gasteiger partial charge in [-0.2, -0.15) is 5.10 Å². The zero-order valence-electron chi connectivity index (χ0n) is 18.5. The molecule has 0 bridgehead atoms. The van der Waals surface area contributed by atoms with Crippen molar-refractivity contribution in [2.75, 3.05) is 59.0 Å². The van der Waals surface area contributed by atoms with E-state index in [9.17, 15) is 9.59 Å². The highest BCUT2D eigenvalue weighted by Crippen LogP contribution is 2.27. The average molecular weight is 441 g/mol. The van der Waals surface area contributed by atoms with Gasteiger partial charge in [0, 0.05) is 38.4 Å². The van der Waals surface area contributed by atoms with Crippen molar-refractivity contribution >= 4 is 23.7 Å². The summed E-state index contributed by atoms with van der Waals surface area (Å²) in [6.07, 6.45) is 1.51. The smallest absolute Gasteiger partial charge is 0.271 e. The SMILES string of the molecule is COc1cc(/C=N\NC(=O)c2cccc(N(C)C)c2)ccc1OCC(=O)N1CCOCC1. The number of anilines is 1. The molecule has 0 saturated carbocycles. The number of nitrogens with one attached hydrogen (secondary N) is 1. The molecule has 0 atom stereocenters. The number of methoxy groups -OCH3 is 1. The second kappa shape index (κ2) is 11.1. The molecule has 1 aliphatic rings. The van der Waals surface area contributed by atoms with E-state index in [2.05, 4.69) is 10.5 Å². The second-order valence-electron chi connectivity index (χ2n) is 7.34. The summed E-state index contributed by atoms with van der Waals surface area (Å²) in [4.78, 5) is 28.2. The number of hydrogen-bond donors (Lipinski definition) is 1. The van der Waals surface area contributed by atoms with Gasteiger partial charge in [0.05, 0.1) is 26.5 Å². The highest BCUT2D eigenvalue weighted by Gasteiger charge is 2.18. The molecule has 32 heavy (non-hydrogen) atoms. The summed E-state index contributed by atoms with van der Waals surface area (Å²) in [5, 5.41) is 4.03. The maximum atomic E-state index is 12.3. The Morgan fingerprint density at radius 2 is 1.94 bits per heavy atom. The highest BCUT2D eigenvalue weighted by molar-refractivity contribution is 5.95. The Bertz CT molecular complexity index is 971. The molecule has 1 saturated heterocycles. The lowest BCUT2D eigenvalue weighted by molar-refractivity contribution is -0.137. The molecule has 9 nitrogen and oxygen atoms in total. The Hall–Kier alpha value is -3.59. The number of benzene rings is 2. The number of rotatable bonds is 8. The zero-order chi connectivity index (χ0) is 22.9. The summed E-state index contributed by atoms with van der Waals surface area (Å²) in [5.41, 5.74) is 4.66. The minimum Gasteiger partial charge on any atom is -0.493 e. The molecule has 0 unspecified atom stereocenters. The van der Waals surface area contributed by atoms with Gasteiger partial charge in [-0.15, -0.1) is 0 Å². The fourth-order valence-electron chi connectivity index (χ4n) is 3.08. The minimum atomic E-state index is -0.307. The zero-order valence-corrected chi connectivity index (χ0v) is 18.5. The molecule has 0 spiro atoms. The van der Waals surface area contributed by atoms with Crippen molar-refractivity contribution in [3.8, 4) is 11.5 Å². The highest BCUT2D eigenvalue weighted by atomic mass is 16.5. The number of nitrogens with zero attached hydrogens (tertiary/aromatic N) is 3. The van der Waals surface area contributed by atoms with Crippen LogP contribution in [0.15, 0.2) is 47.6 Å². The maximum Gasteiger partial charge on any atom is 0.271 e. The Morgan fingerprint density at radius 1 is 1.16 bits per heavy atom. The summed E-state index contributed by atoms with van der Waals surface area (Å²) in [6, 6.07) is 12.4. The lowest BCUT2D eigenvalue weighted by Crippen LogP contribution is -2.43. The second-order valence-corrected chi connectivity index (χ2v) is 7.34. The van der Waals surface area contributed by atoms with E-state index in [1.165, 1.54) is 13.3 Å². The van der Waals surface area contributed by atoms with Gasteiger partial charge < -0.3 is 24.0 Å². The molecule has 2 aromatic rings. The minimum absolute atomic E-state index is 0.0775. The first-order valence-electron chi connectivity index (χ1n) is 10.2. The molecule has 9 heteroatoms. The third kappa shape index (κ3) is 6.21. The summed E-state index contributed by atoms with van der Waals surface area (Å²) in [6.45, 7) is 2.15. The van der Waals surface area contributed by atoms with E-state index in [1.54, 1.807) is 35.2 Å². The van der Waals surface area contributed by atoms with Gasteiger partial charge in [-0.1, -0.05) is 6.07 Å². The molecule has 1 fully saturated rings. The van der Waals surface area contributed by atoms with Crippen molar-refractivity contribution < 1.29 is 23.8 Å². The molecule has 0 aromatic heterocycles. The predicted molar refractivity (Wildman–Crippen MR) is 122 cm³/mol. The van der Waals surface area contributed by atoms with Crippen molar-refractivity contribution in [1.82, 2.24) is 10.3 Å². The molecule has 1 aliphatic heterocycles. The Labute approximate surface area is 187 Å². The molecule has 170 valence electrons. The third-order valence-electron chi connectivity index (χ3n) is 4.91. The van der Waals surface area contributed by atoms with Crippen LogP contribution in [0.4, 0.5) is 5.69 Å². The Morgan fingerprint density at radius 3 is 2.66 bits per heavy atom. The monoisotopic (exact) mass is 440 g/mol. The normalized spacial score (nSPS) is 13.7. The van der Waals surface area contributed by atoms with E-state index < -0.39 is 0 Å². The van der Waals surface area contributed by atoms with Crippen LogP contribution >= 0.6 is 0 Å². The van der Waals surface area contributed by atoms with Crippen molar-refractivity contribution in [3.63, 3.8) is 0 Å². The van der Waals surface area contributed by atoms with Crippen LogP contribution in [0.2, 0.25) is 0 Å². The Kier molecular flexibility index (Phi) is 8.04. The largest absolute Gasteiger partial charge is 0.493 e. The van der Waals surface area contributed by atoms with Gasteiger partial charge in [0.25, 0.3) is 11.8 Å². The van der Waals surface area contributed by atoms with E-state index in [4.69, 9.17) is 14.2 Å². The fraction of sp³-hybridized carbons (Fsp3) is 0.348. The third-order valence-corrected chi connectivity index (χ3v) is 4.91. The molecular formula is C23H28N4O5. The Balaban J connectivity index is 1.57. The van der Waals surface area contributed by atoms with Gasteiger partial charge in [-0.3, -0.25) is 9.59 Å².